The molecule has 46 heavy (non-hydrogen) atoms. The van der Waals surface area contributed by atoms with Crippen LogP contribution >= 0.6 is 12.2 Å². The molecule has 0 bridgehead atoms. The van der Waals surface area contributed by atoms with Crippen molar-refractivity contribution in [3.63, 3.8) is 0 Å². The SMILES string of the molecule is CC=C1C(C(=S)c2[nH]c(C=c3[nH]c(=Cc4[nH]c(O)c(CC)c4C)c(C)c3CCC(=O)OC)c(CCC(=O)OC)c2C)=NC(=O)C1C. The number of allylic oxidation sites excluding steroid dienone is 1. The number of rotatable bonds is 11. The fourth-order valence-corrected chi connectivity index (χ4v) is 6.42. The molecule has 244 valence electrons. The topological polar surface area (TPSA) is 150 Å². The van der Waals surface area contributed by atoms with Gasteiger partial charge in [0, 0.05) is 40.5 Å². The van der Waals surface area contributed by atoms with E-state index in [0.717, 1.165) is 61.0 Å². The third-order valence-corrected chi connectivity index (χ3v) is 9.29. The average molecular weight is 647 g/mol. The molecule has 3 aromatic heterocycles. The van der Waals surface area contributed by atoms with Crippen LogP contribution in [-0.2, 0) is 43.1 Å². The number of aromatic nitrogens is 3. The van der Waals surface area contributed by atoms with Gasteiger partial charge < -0.3 is 29.5 Å². The van der Waals surface area contributed by atoms with Crippen LogP contribution in [0.5, 0.6) is 5.88 Å². The summed E-state index contributed by atoms with van der Waals surface area (Å²) < 4.78 is 9.84. The summed E-state index contributed by atoms with van der Waals surface area (Å²) >= 11 is 5.91. The van der Waals surface area contributed by atoms with E-state index in [4.69, 9.17) is 21.7 Å². The fourth-order valence-electron chi connectivity index (χ4n) is 6.06. The molecule has 1 unspecified atom stereocenters. The molecule has 4 N–H and O–H groups in total. The predicted octanol–water partition coefficient (Wildman–Crippen LogP) is 4.01. The van der Waals surface area contributed by atoms with E-state index in [2.05, 4.69) is 19.9 Å². The Labute approximate surface area is 273 Å². The first kappa shape index (κ1) is 34.4. The molecule has 10 nitrogen and oxygen atoms in total. The molecule has 0 saturated carbocycles. The van der Waals surface area contributed by atoms with Crippen LogP contribution in [0.25, 0.3) is 12.2 Å². The van der Waals surface area contributed by atoms with Gasteiger partial charge in [0.1, 0.15) is 0 Å². The van der Waals surface area contributed by atoms with Crippen LogP contribution in [-0.4, -0.2) is 62.7 Å². The first-order valence-electron chi connectivity index (χ1n) is 15.4. The van der Waals surface area contributed by atoms with Gasteiger partial charge in [0.05, 0.1) is 36.4 Å². The number of methoxy groups -OCH3 is 2. The second kappa shape index (κ2) is 14.3. The molecule has 11 heteroatoms. The number of thiocarbonyl (C=S) groups is 1. The van der Waals surface area contributed by atoms with E-state index in [1.165, 1.54) is 14.2 Å². The summed E-state index contributed by atoms with van der Waals surface area (Å²) in [5.74, 6) is -1.11. The van der Waals surface area contributed by atoms with E-state index in [0.29, 0.717) is 35.5 Å². The zero-order valence-electron chi connectivity index (χ0n) is 27.7. The average Bonchev–Trinajstić information content (AvgIpc) is 3.70. The molecular formula is C35H42N4O6S. The molecule has 4 rings (SSSR count). The van der Waals surface area contributed by atoms with Crippen molar-refractivity contribution in [2.45, 2.75) is 73.6 Å². The highest BCUT2D eigenvalue weighted by Gasteiger charge is 2.32. The van der Waals surface area contributed by atoms with Crippen molar-refractivity contribution >= 4 is 52.8 Å². The maximum atomic E-state index is 12.5. The molecule has 1 aliphatic heterocycles. The summed E-state index contributed by atoms with van der Waals surface area (Å²) in [6.45, 7) is 11.6. The smallest absolute Gasteiger partial charge is 0.305 e. The lowest BCUT2D eigenvalue weighted by Crippen LogP contribution is -2.17. The number of esters is 2. The second-order valence-electron chi connectivity index (χ2n) is 11.5. The second-order valence-corrected chi connectivity index (χ2v) is 11.9. The minimum absolute atomic E-state index is 0.151. The Bertz CT molecular complexity index is 1900. The molecule has 0 saturated heterocycles. The molecule has 4 heterocycles. The third-order valence-electron chi connectivity index (χ3n) is 8.89. The number of amides is 1. The Morgan fingerprint density at radius 2 is 1.50 bits per heavy atom. The third kappa shape index (κ3) is 6.69. The van der Waals surface area contributed by atoms with Crippen molar-refractivity contribution in [2.75, 3.05) is 14.2 Å². The lowest BCUT2D eigenvalue weighted by Gasteiger charge is -2.08. The highest BCUT2D eigenvalue weighted by atomic mass is 32.1. The maximum absolute atomic E-state index is 12.5. The molecule has 1 aliphatic rings. The van der Waals surface area contributed by atoms with Crippen molar-refractivity contribution in [1.82, 2.24) is 15.0 Å². The van der Waals surface area contributed by atoms with Crippen LogP contribution in [0.3, 0.4) is 0 Å². The fraction of sp³-hybridized carbons (Fsp3) is 0.400. The van der Waals surface area contributed by atoms with Gasteiger partial charge in [-0.2, -0.15) is 0 Å². The number of aliphatic imine (C=N–C) groups is 1. The Kier molecular flexibility index (Phi) is 10.7. The Morgan fingerprint density at radius 1 is 0.891 bits per heavy atom. The summed E-state index contributed by atoms with van der Waals surface area (Å²) in [4.78, 5) is 51.6. The first-order valence-corrected chi connectivity index (χ1v) is 15.8. The number of nitrogens with one attached hydrogen (secondary N) is 3. The Morgan fingerprint density at radius 3 is 2.07 bits per heavy atom. The monoisotopic (exact) mass is 646 g/mol. The molecule has 1 amide bonds. The van der Waals surface area contributed by atoms with Gasteiger partial charge in [0.25, 0.3) is 5.91 Å². The number of carbonyl (C=O) groups is 3. The minimum atomic E-state index is -0.370. The highest BCUT2D eigenvalue weighted by molar-refractivity contribution is 7.82. The number of aromatic amines is 3. The summed E-state index contributed by atoms with van der Waals surface area (Å²) in [6, 6.07) is 0. The maximum Gasteiger partial charge on any atom is 0.305 e. The van der Waals surface area contributed by atoms with Crippen molar-refractivity contribution in [2.24, 2.45) is 10.9 Å². The van der Waals surface area contributed by atoms with Gasteiger partial charge in [-0.15, -0.1) is 0 Å². The van der Waals surface area contributed by atoms with E-state index in [9.17, 15) is 19.5 Å². The van der Waals surface area contributed by atoms with Gasteiger partial charge in [0.2, 0.25) is 0 Å². The number of hydrogen-bond acceptors (Lipinski definition) is 7. The van der Waals surface area contributed by atoms with E-state index in [-0.39, 0.29) is 42.5 Å². The van der Waals surface area contributed by atoms with Gasteiger partial charge in [-0.3, -0.25) is 14.4 Å². The van der Waals surface area contributed by atoms with Gasteiger partial charge in [-0.1, -0.05) is 25.2 Å². The van der Waals surface area contributed by atoms with Crippen molar-refractivity contribution < 1.29 is 29.0 Å². The Balaban J connectivity index is 1.93. The van der Waals surface area contributed by atoms with Crippen LogP contribution in [0.4, 0.5) is 0 Å². The molecule has 0 fully saturated rings. The molecule has 0 spiro atoms. The van der Waals surface area contributed by atoms with Crippen LogP contribution in [0.1, 0.15) is 84.1 Å². The van der Waals surface area contributed by atoms with Crippen molar-refractivity contribution in [3.05, 3.63) is 72.8 Å². The number of nitrogens with zero attached hydrogens (tertiary/aromatic N) is 1. The zero-order valence-corrected chi connectivity index (χ0v) is 28.5. The lowest BCUT2D eigenvalue weighted by atomic mass is 9.95. The van der Waals surface area contributed by atoms with Crippen molar-refractivity contribution in [1.29, 1.82) is 0 Å². The Hall–Kier alpha value is -4.51. The van der Waals surface area contributed by atoms with Crippen LogP contribution in [0, 0.1) is 26.7 Å². The van der Waals surface area contributed by atoms with Gasteiger partial charge in [-0.25, -0.2) is 4.99 Å². The molecule has 1 atom stereocenters. The van der Waals surface area contributed by atoms with Gasteiger partial charge >= 0.3 is 11.9 Å². The van der Waals surface area contributed by atoms with Gasteiger partial charge in [0.15, 0.2) is 5.88 Å². The molecule has 0 radical (unpaired) electrons. The predicted molar refractivity (Wildman–Crippen MR) is 182 cm³/mol. The number of aromatic hydroxyl groups is 1. The molecular weight excluding hydrogens is 604 g/mol. The van der Waals surface area contributed by atoms with E-state index in [1.807, 2.05) is 59.8 Å². The minimum Gasteiger partial charge on any atom is -0.494 e. The standard InChI is InChI=1S/C35H42N4O6S/c1-9-21-20(6)34(42)39-32(21)33(46)31-19(5)24(12-14-30(41)45-8)28(37-31)16-27-23(11-13-29(40)44-7)18(4)25(36-27)15-26-17(3)22(10-2)35(43)38-26/h9,15-16,20,36-38,43H,10-14H2,1-8H3. The number of H-pyrrole nitrogens is 3. The zero-order chi connectivity index (χ0) is 33.9. The van der Waals surface area contributed by atoms with E-state index in [1.54, 1.807) is 0 Å². The van der Waals surface area contributed by atoms with E-state index < -0.39 is 0 Å². The molecule has 0 aromatic carbocycles. The van der Waals surface area contributed by atoms with Crippen LogP contribution in [0.2, 0.25) is 0 Å². The van der Waals surface area contributed by atoms with Gasteiger partial charge in [-0.05, 0) is 99.4 Å². The summed E-state index contributed by atoms with van der Waals surface area (Å²) in [5, 5.41) is 12.0. The van der Waals surface area contributed by atoms with Crippen LogP contribution < -0.4 is 10.7 Å². The van der Waals surface area contributed by atoms with Crippen LogP contribution in [0.15, 0.2) is 16.6 Å². The number of hydrogen-bond donors (Lipinski definition) is 4. The normalized spacial score (nSPS) is 16.4. The van der Waals surface area contributed by atoms with E-state index >= 15 is 0 Å². The number of ether oxygens (including phenoxy) is 2. The summed E-state index contributed by atoms with van der Waals surface area (Å²) in [5.41, 5.74) is 8.84. The summed E-state index contributed by atoms with van der Waals surface area (Å²) in [7, 11) is 2.73. The quantitative estimate of drug-likeness (QED) is 0.140. The highest BCUT2D eigenvalue weighted by Crippen LogP contribution is 2.28. The number of carbonyl (C=O) groups excluding carboxylic acids is 3. The first-order chi connectivity index (χ1) is 21.9. The summed E-state index contributed by atoms with van der Waals surface area (Å²) in [6.07, 6.45) is 7.63. The lowest BCUT2D eigenvalue weighted by molar-refractivity contribution is -0.141. The largest absolute Gasteiger partial charge is 0.494 e. The molecule has 0 aliphatic carbocycles. The molecule has 3 aromatic rings. The van der Waals surface area contributed by atoms with Crippen molar-refractivity contribution in [3.8, 4) is 5.88 Å².